The zero-order chi connectivity index (χ0) is 14.5. The highest BCUT2D eigenvalue weighted by Gasteiger charge is 2.20. The molecule has 5 nitrogen and oxygen atoms in total. The highest BCUT2D eigenvalue weighted by atomic mass is 35.5. The second-order valence-electron chi connectivity index (χ2n) is 5.36. The highest BCUT2D eigenvalue weighted by molar-refractivity contribution is 6.32. The Bertz CT molecular complexity index is 479. The molecule has 110 valence electrons. The van der Waals surface area contributed by atoms with Gasteiger partial charge in [0, 0.05) is 19.2 Å². The molecule has 1 atom stereocenters. The van der Waals surface area contributed by atoms with Crippen molar-refractivity contribution in [1.29, 1.82) is 0 Å². The number of nitrogens with zero attached hydrogens (tertiary/aromatic N) is 2. The number of nitrogens with two attached hydrogens (primary N) is 1. The average Bonchev–Trinajstić information content (AvgIpc) is 2.41. The minimum atomic E-state index is -0.431. The van der Waals surface area contributed by atoms with Gasteiger partial charge in [-0.15, -0.1) is 0 Å². The lowest BCUT2D eigenvalue weighted by molar-refractivity contribution is -0.384. The van der Waals surface area contributed by atoms with Gasteiger partial charge in [-0.1, -0.05) is 17.7 Å². The van der Waals surface area contributed by atoms with Gasteiger partial charge in [0.15, 0.2) is 0 Å². The first-order valence-electron chi connectivity index (χ1n) is 6.95. The number of nitro groups is 1. The van der Waals surface area contributed by atoms with E-state index in [1.165, 1.54) is 12.8 Å². The Kier molecular flexibility index (Phi) is 5.34. The van der Waals surface area contributed by atoms with Crippen LogP contribution in [0.5, 0.6) is 0 Å². The first-order chi connectivity index (χ1) is 9.60. The van der Waals surface area contributed by atoms with Crippen LogP contribution in [0.15, 0.2) is 18.2 Å². The molecule has 2 rings (SSSR count). The predicted octanol–water partition coefficient (Wildman–Crippen LogP) is 2.81. The summed E-state index contributed by atoms with van der Waals surface area (Å²) in [6, 6.07) is 5.05. The largest absolute Gasteiger partial charge is 0.330 e. The molecule has 1 saturated heterocycles. The van der Waals surface area contributed by atoms with Crippen molar-refractivity contribution in [2.24, 2.45) is 11.7 Å². The molecule has 1 heterocycles. The quantitative estimate of drug-likeness (QED) is 0.670. The van der Waals surface area contributed by atoms with Gasteiger partial charge in [0.1, 0.15) is 5.02 Å². The van der Waals surface area contributed by atoms with Crippen LogP contribution in [0.2, 0.25) is 5.02 Å². The third-order valence-corrected chi connectivity index (χ3v) is 4.11. The van der Waals surface area contributed by atoms with Gasteiger partial charge in [0.25, 0.3) is 5.69 Å². The van der Waals surface area contributed by atoms with Crippen LogP contribution in [0, 0.1) is 16.0 Å². The minimum absolute atomic E-state index is 0.0142. The van der Waals surface area contributed by atoms with E-state index in [1.807, 2.05) is 6.07 Å². The molecule has 1 fully saturated rings. The average molecular weight is 298 g/mol. The van der Waals surface area contributed by atoms with E-state index in [-0.39, 0.29) is 10.7 Å². The molecule has 0 saturated carbocycles. The molecule has 2 N–H and O–H groups in total. The number of piperidine rings is 1. The number of hydrogen-bond acceptors (Lipinski definition) is 4. The maximum absolute atomic E-state index is 10.9. The summed E-state index contributed by atoms with van der Waals surface area (Å²) in [5.41, 5.74) is 6.54. The first kappa shape index (κ1) is 15.2. The fourth-order valence-electron chi connectivity index (χ4n) is 2.82. The molecule has 0 amide bonds. The maximum Gasteiger partial charge on any atom is 0.288 e. The standard InChI is InChI=1S/C14H20ClN3O2/c15-13-4-3-12(8-14(13)18(19)20)10-17-7-1-2-11(9-17)5-6-16/h3-4,8,11H,1-2,5-7,9-10,16H2. The smallest absolute Gasteiger partial charge is 0.288 e. The Morgan fingerprint density at radius 3 is 3.00 bits per heavy atom. The maximum atomic E-state index is 10.9. The van der Waals surface area contributed by atoms with Gasteiger partial charge in [-0.2, -0.15) is 0 Å². The Labute approximate surface area is 123 Å². The number of halogens is 1. The number of rotatable bonds is 5. The summed E-state index contributed by atoms with van der Waals surface area (Å²) in [6.45, 7) is 3.52. The van der Waals surface area contributed by atoms with Crippen molar-refractivity contribution >= 4 is 17.3 Å². The van der Waals surface area contributed by atoms with Gasteiger partial charge in [0.2, 0.25) is 0 Å². The molecule has 0 spiro atoms. The molecule has 6 heteroatoms. The van der Waals surface area contributed by atoms with E-state index >= 15 is 0 Å². The highest BCUT2D eigenvalue weighted by Crippen LogP contribution is 2.27. The van der Waals surface area contributed by atoms with E-state index in [0.717, 1.165) is 38.2 Å². The molecule has 1 aromatic rings. The van der Waals surface area contributed by atoms with Crippen LogP contribution >= 0.6 is 11.6 Å². The third kappa shape index (κ3) is 3.91. The summed E-state index contributed by atoms with van der Waals surface area (Å²) in [6.07, 6.45) is 3.45. The lowest BCUT2D eigenvalue weighted by Gasteiger charge is -2.32. The predicted molar refractivity (Wildman–Crippen MR) is 79.8 cm³/mol. The van der Waals surface area contributed by atoms with E-state index in [1.54, 1.807) is 12.1 Å². The van der Waals surface area contributed by atoms with E-state index in [2.05, 4.69) is 4.90 Å². The summed E-state index contributed by atoms with van der Waals surface area (Å²) < 4.78 is 0. The van der Waals surface area contributed by atoms with Gasteiger partial charge < -0.3 is 5.73 Å². The zero-order valence-electron chi connectivity index (χ0n) is 11.4. The molecular weight excluding hydrogens is 278 g/mol. The van der Waals surface area contributed by atoms with Crippen molar-refractivity contribution in [3.63, 3.8) is 0 Å². The molecule has 20 heavy (non-hydrogen) atoms. The van der Waals surface area contributed by atoms with Crippen LogP contribution in [0.1, 0.15) is 24.8 Å². The van der Waals surface area contributed by atoms with E-state index in [0.29, 0.717) is 5.92 Å². The van der Waals surface area contributed by atoms with E-state index in [9.17, 15) is 10.1 Å². The molecule has 0 aliphatic carbocycles. The van der Waals surface area contributed by atoms with Gasteiger partial charge in [-0.25, -0.2) is 0 Å². The lowest BCUT2D eigenvalue weighted by atomic mass is 9.94. The van der Waals surface area contributed by atoms with Crippen molar-refractivity contribution in [1.82, 2.24) is 4.90 Å². The minimum Gasteiger partial charge on any atom is -0.330 e. The van der Waals surface area contributed by atoms with Crippen LogP contribution in [0.4, 0.5) is 5.69 Å². The second-order valence-corrected chi connectivity index (χ2v) is 5.77. The zero-order valence-corrected chi connectivity index (χ0v) is 12.2. The molecule has 0 aromatic heterocycles. The number of benzene rings is 1. The Morgan fingerprint density at radius 1 is 1.50 bits per heavy atom. The first-order valence-corrected chi connectivity index (χ1v) is 7.33. The van der Waals surface area contributed by atoms with Crippen LogP contribution in [-0.2, 0) is 6.54 Å². The van der Waals surface area contributed by atoms with Gasteiger partial charge >= 0.3 is 0 Å². The van der Waals surface area contributed by atoms with Gasteiger partial charge in [0.05, 0.1) is 4.92 Å². The van der Waals surface area contributed by atoms with Crippen LogP contribution in [0.25, 0.3) is 0 Å². The molecule has 1 unspecified atom stereocenters. The number of nitro benzene ring substituents is 1. The van der Waals surface area contributed by atoms with E-state index in [4.69, 9.17) is 17.3 Å². The Morgan fingerprint density at radius 2 is 2.30 bits per heavy atom. The van der Waals surface area contributed by atoms with Crippen molar-refractivity contribution in [3.05, 3.63) is 38.9 Å². The fourth-order valence-corrected chi connectivity index (χ4v) is 3.01. The number of likely N-dealkylation sites (tertiary alicyclic amines) is 1. The normalized spacial score (nSPS) is 20.0. The molecule has 1 aliphatic heterocycles. The second kappa shape index (κ2) is 7.02. The Balaban J connectivity index is 2.02. The van der Waals surface area contributed by atoms with Crippen molar-refractivity contribution in [3.8, 4) is 0 Å². The number of hydrogen-bond donors (Lipinski definition) is 1. The topological polar surface area (TPSA) is 72.4 Å². The van der Waals surface area contributed by atoms with E-state index < -0.39 is 4.92 Å². The lowest BCUT2D eigenvalue weighted by Crippen LogP contribution is -2.35. The summed E-state index contributed by atoms with van der Waals surface area (Å²) in [5, 5.41) is 11.1. The molecule has 0 bridgehead atoms. The van der Waals surface area contributed by atoms with Crippen molar-refractivity contribution < 1.29 is 4.92 Å². The summed E-state index contributed by atoms with van der Waals surface area (Å²) in [5.74, 6) is 0.649. The summed E-state index contributed by atoms with van der Waals surface area (Å²) in [7, 11) is 0. The van der Waals surface area contributed by atoms with Crippen LogP contribution < -0.4 is 5.73 Å². The monoisotopic (exact) mass is 297 g/mol. The summed E-state index contributed by atoms with van der Waals surface area (Å²) >= 11 is 5.83. The van der Waals surface area contributed by atoms with Gasteiger partial charge in [-0.3, -0.25) is 15.0 Å². The van der Waals surface area contributed by atoms with Crippen molar-refractivity contribution in [2.45, 2.75) is 25.8 Å². The summed E-state index contributed by atoms with van der Waals surface area (Å²) in [4.78, 5) is 12.8. The fraction of sp³-hybridized carbons (Fsp3) is 0.571. The molecular formula is C14H20ClN3O2. The molecule has 1 aromatic carbocycles. The Hall–Kier alpha value is -1.17. The van der Waals surface area contributed by atoms with Gasteiger partial charge in [-0.05, 0) is 49.9 Å². The SMILES string of the molecule is NCCC1CCCN(Cc2ccc(Cl)c([N+](=O)[O-])c2)C1. The molecule has 0 radical (unpaired) electrons. The van der Waals surface area contributed by atoms with Crippen LogP contribution in [-0.4, -0.2) is 29.5 Å². The van der Waals surface area contributed by atoms with Crippen LogP contribution in [0.3, 0.4) is 0 Å². The van der Waals surface area contributed by atoms with Crippen molar-refractivity contribution in [2.75, 3.05) is 19.6 Å². The third-order valence-electron chi connectivity index (χ3n) is 3.79. The molecule has 1 aliphatic rings.